The van der Waals surface area contributed by atoms with E-state index in [2.05, 4.69) is 27.9 Å². The van der Waals surface area contributed by atoms with Gasteiger partial charge in [-0.25, -0.2) is 4.68 Å². The van der Waals surface area contributed by atoms with Gasteiger partial charge in [0.15, 0.2) is 5.82 Å². The van der Waals surface area contributed by atoms with Crippen LogP contribution in [-0.2, 0) is 11.2 Å². The Bertz CT molecular complexity index is 1150. The Balaban J connectivity index is 1.70. The first-order valence-electron chi connectivity index (χ1n) is 10.5. The molecule has 2 aromatic carbocycles. The van der Waals surface area contributed by atoms with Crippen molar-refractivity contribution in [2.75, 3.05) is 17.9 Å². The number of aryl methyl sites for hydroxylation is 3. The number of aromatic nitrogens is 3. The minimum Gasteiger partial charge on any atom is -0.495 e. The SMILES string of the molecule is CCCc1nnc2n1N[C@@H](c1ccc(OC)c(Cl)c1)[C@@H](C(=O)Nc1cc(C)ccc1C)S2. The maximum Gasteiger partial charge on any atom is 0.240 e. The Labute approximate surface area is 196 Å². The number of amides is 1. The zero-order chi connectivity index (χ0) is 22.8. The summed E-state index contributed by atoms with van der Waals surface area (Å²) >= 11 is 7.81. The van der Waals surface area contributed by atoms with Crippen LogP contribution in [0.25, 0.3) is 0 Å². The van der Waals surface area contributed by atoms with E-state index in [0.29, 0.717) is 15.9 Å². The van der Waals surface area contributed by atoms with Gasteiger partial charge in [0.25, 0.3) is 0 Å². The lowest BCUT2D eigenvalue weighted by Gasteiger charge is -2.33. The molecule has 1 aromatic heterocycles. The van der Waals surface area contributed by atoms with E-state index in [4.69, 9.17) is 16.3 Å². The quantitative estimate of drug-likeness (QED) is 0.531. The van der Waals surface area contributed by atoms with Gasteiger partial charge in [-0.2, -0.15) is 0 Å². The highest BCUT2D eigenvalue weighted by molar-refractivity contribution is 8.00. The molecule has 2 atom stereocenters. The third-order valence-corrected chi connectivity index (χ3v) is 6.93. The van der Waals surface area contributed by atoms with Crippen molar-refractivity contribution in [3.63, 3.8) is 0 Å². The highest BCUT2D eigenvalue weighted by Gasteiger charge is 2.38. The van der Waals surface area contributed by atoms with Gasteiger partial charge in [-0.15, -0.1) is 10.2 Å². The summed E-state index contributed by atoms with van der Waals surface area (Å²) in [4.78, 5) is 13.5. The molecule has 9 heteroatoms. The van der Waals surface area contributed by atoms with Crippen molar-refractivity contribution in [2.24, 2.45) is 0 Å². The van der Waals surface area contributed by atoms with E-state index >= 15 is 0 Å². The van der Waals surface area contributed by atoms with Crippen LogP contribution in [0.15, 0.2) is 41.6 Å². The van der Waals surface area contributed by atoms with Gasteiger partial charge >= 0.3 is 0 Å². The molecular weight excluding hydrogens is 446 g/mol. The number of ether oxygens (including phenoxy) is 1. The average molecular weight is 472 g/mol. The molecule has 1 aliphatic rings. The molecule has 0 saturated carbocycles. The first-order chi connectivity index (χ1) is 15.4. The van der Waals surface area contributed by atoms with Crippen LogP contribution in [0.3, 0.4) is 0 Å². The number of benzene rings is 2. The maximum absolute atomic E-state index is 13.5. The molecule has 2 heterocycles. The molecule has 0 bridgehead atoms. The zero-order valence-corrected chi connectivity index (χ0v) is 20.0. The second kappa shape index (κ2) is 9.42. The van der Waals surface area contributed by atoms with Crippen LogP contribution < -0.4 is 15.5 Å². The summed E-state index contributed by atoms with van der Waals surface area (Å²) in [5, 5.41) is 12.4. The van der Waals surface area contributed by atoms with Crippen LogP contribution in [0.4, 0.5) is 5.69 Å². The second-order valence-corrected chi connectivity index (χ2v) is 9.35. The fraction of sp³-hybridized carbons (Fsp3) is 0.348. The van der Waals surface area contributed by atoms with E-state index in [-0.39, 0.29) is 11.9 Å². The van der Waals surface area contributed by atoms with Gasteiger partial charge in [0.05, 0.1) is 18.2 Å². The minimum atomic E-state index is -0.481. The number of carbonyl (C=O) groups excluding carboxylic acids is 1. The van der Waals surface area contributed by atoms with Crippen molar-refractivity contribution < 1.29 is 9.53 Å². The molecule has 0 spiro atoms. The van der Waals surface area contributed by atoms with Gasteiger partial charge in [-0.1, -0.05) is 48.5 Å². The molecule has 0 aliphatic carbocycles. The number of anilines is 1. The molecule has 0 saturated heterocycles. The summed E-state index contributed by atoms with van der Waals surface area (Å²) in [6.45, 7) is 6.08. The van der Waals surface area contributed by atoms with Crippen molar-refractivity contribution in [3.8, 4) is 5.75 Å². The number of hydrogen-bond donors (Lipinski definition) is 2. The monoisotopic (exact) mass is 471 g/mol. The topological polar surface area (TPSA) is 81.1 Å². The second-order valence-electron chi connectivity index (χ2n) is 7.83. The van der Waals surface area contributed by atoms with Crippen molar-refractivity contribution in [1.82, 2.24) is 14.9 Å². The van der Waals surface area contributed by atoms with Crippen LogP contribution in [0, 0.1) is 13.8 Å². The number of methoxy groups -OCH3 is 1. The van der Waals surface area contributed by atoms with Crippen LogP contribution >= 0.6 is 23.4 Å². The summed E-state index contributed by atoms with van der Waals surface area (Å²) in [5.74, 6) is 1.32. The number of fused-ring (bicyclic) bond motifs is 1. The number of halogens is 1. The summed E-state index contributed by atoms with van der Waals surface area (Å²) in [6, 6.07) is 11.3. The Morgan fingerprint density at radius 1 is 1.25 bits per heavy atom. The summed E-state index contributed by atoms with van der Waals surface area (Å²) in [5.41, 5.74) is 7.25. The predicted octanol–water partition coefficient (Wildman–Crippen LogP) is 4.91. The Hall–Kier alpha value is -2.71. The number of thioether (sulfide) groups is 1. The van der Waals surface area contributed by atoms with Crippen molar-refractivity contribution in [2.45, 2.75) is 50.1 Å². The van der Waals surface area contributed by atoms with Gasteiger partial charge < -0.3 is 15.5 Å². The molecule has 2 N–H and O–H groups in total. The zero-order valence-electron chi connectivity index (χ0n) is 18.5. The predicted molar refractivity (Wildman–Crippen MR) is 128 cm³/mol. The molecule has 3 aromatic rings. The van der Waals surface area contributed by atoms with Crippen molar-refractivity contribution >= 4 is 35.0 Å². The molecule has 0 unspecified atom stereocenters. The molecule has 32 heavy (non-hydrogen) atoms. The lowest BCUT2D eigenvalue weighted by molar-refractivity contribution is -0.116. The van der Waals surface area contributed by atoms with Crippen LogP contribution in [0.1, 0.15) is 41.9 Å². The largest absolute Gasteiger partial charge is 0.495 e. The number of nitrogens with one attached hydrogen (secondary N) is 2. The molecular formula is C23H26ClN5O2S. The summed E-state index contributed by atoms with van der Waals surface area (Å²) in [6.07, 6.45) is 1.73. The highest BCUT2D eigenvalue weighted by atomic mass is 35.5. The average Bonchev–Trinajstić information content (AvgIpc) is 3.17. The van der Waals surface area contributed by atoms with E-state index in [0.717, 1.165) is 41.0 Å². The van der Waals surface area contributed by atoms with Gasteiger partial charge in [-0.3, -0.25) is 4.79 Å². The normalized spacial score (nSPS) is 17.4. The van der Waals surface area contributed by atoms with Crippen LogP contribution in [-0.4, -0.2) is 33.1 Å². The van der Waals surface area contributed by atoms with E-state index in [1.165, 1.54) is 11.8 Å². The Kier molecular flexibility index (Phi) is 6.62. The van der Waals surface area contributed by atoms with Crippen molar-refractivity contribution in [3.05, 3.63) is 63.9 Å². The standard InChI is InChI=1S/C23H26ClN5O2S/c1-5-6-19-26-27-23-29(19)28-20(15-9-10-18(31-4)16(24)12-15)21(32-23)22(30)25-17-11-13(2)7-8-14(17)3/h7-12,20-21,28H,5-6H2,1-4H3,(H,25,30)/t20-,21-/m0/s1. The first kappa shape index (κ1) is 22.5. The van der Waals surface area contributed by atoms with Gasteiger partial charge in [0.1, 0.15) is 11.0 Å². The minimum absolute atomic E-state index is 0.112. The number of carbonyl (C=O) groups is 1. The highest BCUT2D eigenvalue weighted by Crippen LogP contribution is 2.39. The smallest absolute Gasteiger partial charge is 0.240 e. The molecule has 0 radical (unpaired) electrons. The Morgan fingerprint density at radius 2 is 2.06 bits per heavy atom. The summed E-state index contributed by atoms with van der Waals surface area (Å²) < 4.78 is 7.19. The maximum atomic E-state index is 13.5. The molecule has 7 nitrogen and oxygen atoms in total. The van der Waals surface area contributed by atoms with E-state index in [1.807, 2.05) is 54.9 Å². The molecule has 168 valence electrons. The van der Waals surface area contributed by atoms with E-state index in [9.17, 15) is 4.79 Å². The number of rotatable bonds is 6. The van der Waals surface area contributed by atoms with Crippen molar-refractivity contribution in [1.29, 1.82) is 0 Å². The molecule has 0 fully saturated rings. The lowest BCUT2D eigenvalue weighted by atomic mass is 10.0. The Morgan fingerprint density at radius 3 is 2.78 bits per heavy atom. The fourth-order valence-electron chi connectivity index (χ4n) is 3.68. The molecule has 1 amide bonds. The summed E-state index contributed by atoms with van der Waals surface area (Å²) in [7, 11) is 1.58. The van der Waals surface area contributed by atoms with Gasteiger partial charge in [0, 0.05) is 12.1 Å². The van der Waals surface area contributed by atoms with E-state index < -0.39 is 5.25 Å². The van der Waals surface area contributed by atoms with Crippen LogP contribution in [0.2, 0.25) is 5.02 Å². The third kappa shape index (κ3) is 4.42. The lowest BCUT2D eigenvalue weighted by Crippen LogP contribution is -2.41. The first-order valence-corrected chi connectivity index (χ1v) is 11.8. The number of hydrogen-bond acceptors (Lipinski definition) is 6. The molecule has 1 aliphatic heterocycles. The number of nitrogens with zero attached hydrogens (tertiary/aromatic N) is 3. The fourth-order valence-corrected chi connectivity index (χ4v) is 5.05. The van der Waals surface area contributed by atoms with E-state index in [1.54, 1.807) is 7.11 Å². The van der Waals surface area contributed by atoms with Gasteiger partial charge in [0.2, 0.25) is 11.1 Å². The molecule has 4 rings (SSSR count). The third-order valence-electron chi connectivity index (χ3n) is 5.42. The van der Waals surface area contributed by atoms with Gasteiger partial charge in [-0.05, 0) is 55.2 Å². The van der Waals surface area contributed by atoms with Crippen LogP contribution in [0.5, 0.6) is 5.75 Å².